The smallest absolute Gasteiger partial charge is 0.257 e. The number of rotatable bonds is 7. The van der Waals surface area contributed by atoms with Gasteiger partial charge in [-0.15, -0.1) is 11.3 Å². The van der Waals surface area contributed by atoms with Crippen LogP contribution in [0.4, 0.5) is 5.13 Å². The first-order chi connectivity index (χ1) is 15.3. The average molecular weight is 472 g/mol. The van der Waals surface area contributed by atoms with Crippen molar-refractivity contribution in [3.8, 4) is 11.3 Å². The molecule has 1 atom stereocenters. The molecule has 1 unspecified atom stereocenters. The molecule has 32 heavy (non-hydrogen) atoms. The van der Waals surface area contributed by atoms with E-state index in [0.717, 1.165) is 24.1 Å². The van der Waals surface area contributed by atoms with Crippen molar-refractivity contribution in [2.75, 3.05) is 18.5 Å². The SMILES string of the molecule is Cc1ccc(-c2csc(NC(=O)c3cccc(S(=O)(=O)NCC4CCCO4)c3)n2)cc1C. The molecule has 0 radical (unpaired) electrons. The lowest BCUT2D eigenvalue weighted by Gasteiger charge is -2.12. The number of aromatic nitrogens is 1. The largest absolute Gasteiger partial charge is 0.377 e. The van der Waals surface area contributed by atoms with Crippen LogP contribution in [0.2, 0.25) is 0 Å². The van der Waals surface area contributed by atoms with Gasteiger partial charge in [0.2, 0.25) is 10.0 Å². The summed E-state index contributed by atoms with van der Waals surface area (Å²) in [5.74, 6) is -0.415. The Labute approximate surface area is 191 Å². The summed E-state index contributed by atoms with van der Waals surface area (Å²) in [6.07, 6.45) is 1.67. The molecule has 1 fully saturated rings. The number of hydrogen-bond donors (Lipinski definition) is 2. The lowest BCUT2D eigenvalue weighted by molar-refractivity contribution is 0.102. The summed E-state index contributed by atoms with van der Waals surface area (Å²) in [7, 11) is -3.74. The van der Waals surface area contributed by atoms with Crippen LogP contribution in [-0.2, 0) is 14.8 Å². The van der Waals surface area contributed by atoms with Crippen molar-refractivity contribution in [3.63, 3.8) is 0 Å². The first kappa shape index (κ1) is 22.6. The van der Waals surface area contributed by atoms with Gasteiger partial charge in [-0.05, 0) is 62.1 Å². The lowest BCUT2D eigenvalue weighted by atomic mass is 10.1. The second kappa shape index (κ2) is 9.50. The maximum Gasteiger partial charge on any atom is 0.257 e. The van der Waals surface area contributed by atoms with E-state index in [4.69, 9.17) is 4.74 Å². The maximum absolute atomic E-state index is 12.7. The van der Waals surface area contributed by atoms with Gasteiger partial charge in [0.05, 0.1) is 16.7 Å². The van der Waals surface area contributed by atoms with Gasteiger partial charge in [-0.25, -0.2) is 18.1 Å². The molecule has 1 amide bonds. The molecule has 4 rings (SSSR count). The number of ether oxygens (including phenoxy) is 1. The summed E-state index contributed by atoms with van der Waals surface area (Å²) in [5.41, 5.74) is 4.39. The molecule has 0 saturated carbocycles. The topological polar surface area (TPSA) is 97.4 Å². The van der Waals surface area contributed by atoms with E-state index in [9.17, 15) is 13.2 Å². The van der Waals surface area contributed by atoms with Crippen LogP contribution in [0, 0.1) is 13.8 Å². The van der Waals surface area contributed by atoms with E-state index in [0.29, 0.717) is 11.7 Å². The van der Waals surface area contributed by atoms with Gasteiger partial charge in [0.1, 0.15) is 0 Å². The van der Waals surface area contributed by atoms with Gasteiger partial charge in [-0.1, -0.05) is 18.2 Å². The third-order valence-electron chi connectivity index (χ3n) is 5.46. The number of carbonyl (C=O) groups excluding carboxylic acids is 1. The fourth-order valence-electron chi connectivity index (χ4n) is 3.43. The molecule has 2 heterocycles. The van der Waals surface area contributed by atoms with Crippen LogP contribution in [0.3, 0.4) is 0 Å². The number of nitrogens with zero attached hydrogens (tertiary/aromatic N) is 1. The molecule has 0 aliphatic carbocycles. The summed E-state index contributed by atoms with van der Waals surface area (Å²) < 4.78 is 33.3. The first-order valence-corrected chi connectivity index (χ1v) is 12.7. The summed E-state index contributed by atoms with van der Waals surface area (Å²) in [5, 5.41) is 5.10. The molecule has 1 aliphatic heterocycles. The van der Waals surface area contributed by atoms with Crippen LogP contribution in [0.15, 0.2) is 52.7 Å². The highest BCUT2D eigenvalue weighted by atomic mass is 32.2. The van der Waals surface area contributed by atoms with Crippen LogP contribution in [0.25, 0.3) is 11.3 Å². The fraction of sp³-hybridized carbons (Fsp3) is 0.304. The van der Waals surface area contributed by atoms with Crippen molar-refractivity contribution in [2.24, 2.45) is 0 Å². The van der Waals surface area contributed by atoms with Crippen LogP contribution < -0.4 is 10.0 Å². The van der Waals surface area contributed by atoms with Crippen molar-refractivity contribution in [1.82, 2.24) is 9.71 Å². The van der Waals surface area contributed by atoms with Crippen molar-refractivity contribution in [3.05, 3.63) is 64.5 Å². The third kappa shape index (κ3) is 5.24. The lowest BCUT2D eigenvalue weighted by Crippen LogP contribution is -2.32. The van der Waals surface area contributed by atoms with Crippen LogP contribution >= 0.6 is 11.3 Å². The Morgan fingerprint density at radius 3 is 2.78 bits per heavy atom. The second-order valence-corrected chi connectivity index (χ2v) is 10.4. The Morgan fingerprint density at radius 2 is 2.03 bits per heavy atom. The van der Waals surface area contributed by atoms with Gasteiger partial charge >= 0.3 is 0 Å². The molecular formula is C23H25N3O4S2. The minimum atomic E-state index is -3.74. The molecular weight excluding hydrogens is 446 g/mol. The van der Waals surface area contributed by atoms with E-state index < -0.39 is 15.9 Å². The average Bonchev–Trinajstić information content (AvgIpc) is 3.47. The quantitative estimate of drug-likeness (QED) is 0.540. The molecule has 3 aromatic rings. The van der Waals surface area contributed by atoms with Crippen molar-refractivity contribution < 1.29 is 17.9 Å². The number of aryl methyl sites for hydroxylation is 2. The summed E-state index contributed by atoms with van der Waals surface area (Å²) in [6, 6.07) is 12.1. The molecule has 9 heteroatoms. The molecule has 1 saturated heterocycles. The monoisotopic (exact) mass is 471 g/mol. The van der Waals surface area contributed by atoms with Gasteiger partial charge < -0.3 is 4.74 Å². The molecule has 1 aromatic heterocycles. The zero-order chi connectivity index (χ0) is 22.7. The van der Waals surface area contributed by atoms with E-state index in [1.165, 1.54) is 34.6 Å². The zero-order valence-corrected chi connectivity index (χ0v) is 19.6. The number of anilines is 1. The highest BCUT2D eigenvalue weighted by Gasteiger charge is 2.21. The highest BCUT2D eigenvalue weighted by molar-refractivity contribution is 7.89. The number of sulfonamides is 1. The van der Waals surface area contributed by atoms with Crippen LogP contribution in [-0.4, -0.2) is 38.6 Å². The van der Waals surface area contributed by atoms with Gasteiger partial charge in [0, 0.05) is 29.7 Å². The van der Waals surface area contributed by atoms with Gasteiger partial charge in [0.25, 0.3) is 5.91 Å². The third-order valence-corrected chi connectivity index (χ3v) is 7.64. The van der Waals surface area contributed by atoms with Crippen LogP contribution in [0.5, 0.6) is 0 Å². The van der Waals surface area contributed by atoms with E-state index >= 15 is 0 Å². The number of benzene rings is 2. The van der Waals surface area contributed by atoms with Gasteiger partial charge in [-0.3, -0.25) is 10.1 Å². The predicted molar refractivity (Wildman–Crippen MR) is 126 cm³/mol. The van der Waals surface area contributed by atoms with Crippen molar-refractivity contribution in [1.29, 1.82) is 0 Å². The number of hydrogen-bond acceptors (Lipinski definition) is 6. The Morgan fingerprint density at radius 1 is 1.19 bits per heavy atom. The molecule has 0 spiro atoms. The standard InChI is InChI=1S/C23H25N3O4S2/c1-15-8-9-17(11-16(15)2)21-14-31-23(25-21)26-22(27)18-5-3-7-20(12-18)32(28,29)24-13-19-6-4-10-30-19/h3,5,7-9,11-12,14,19,24H,4,6,10,13H2,1-2H3,(H,25,26,27). The Hall–Kier alpha value is -2.59. The van der Waals surface area contributed by atoms with Crippen molar-refractivity contribution in [2.45, 2.75) is 37.7 Å². The summed E-state index contributed by atoms with van der Waals surface area (Å²) in [6.45, 7) is 4.98. The van der Waals surface area contributed by atoms with Crippen molar-refractivity contribution >= 4 is 32.4 Å². The molecule has 2 aromatic carbocycles. The summed E-state index contributed by atoms with van der Waals surface area (Å²) in [4.78, 5) is 17.3. The number of amides is 1. The Kier molecular flexibility index (Phi) is 6.71. The Balaban J connectivity index is 1.45. The molecule has 168 valence electrons. The maximum atomic E-state index is 12.7. The van der Waals surface area contributed by atoms with Gasteiger partial charge in [-0.2, -0.15) is 0 Å². The summed E-state index contributed by atoms with van der Waals surface area (Å²) >= 11 is 1.32. The van der Waals surface area contributed by atoms with Gasteiger partial charge in [0.15, 0.2) is 5.13 Å². The molecule has 1 aliphatic rings. The fourth-order valence-corrected chi connectivity index (χ4v) is 5.26. The normalized spacial score (nSPS) is 16.2. The first-order valence-electron chi connectivity index (χ1n) is 10.4. The zero-order valence-electron chi connectivity index (χ0n) is 17.9. The minimum Gasteiger partial charge on any atom is -0.377 e. The number of thiazole rings is 1. The highest BCUT2D eigenvalue weighted by Crippen LogP contribution is 2.27. The second-order valence-electron chi connectivity index (χ2n) is 7.81. The van der Waals surface area contributed by atoms with E-state index in [2.05, 4.69) is 28.0 Å². The number of carbonyl (C=O) groups is 1. The molecule has 7 nitrogen and oxygen atoms in total. The predicted octanol–water partition coefficient (Wildman–Crippen LogP) is 4.14. The van der Waals surface area contributed by atoms with E-state index in [-0.39, 0.29) is 23.1 Å². The molecule has 2 N–H and O–H groups in total. The van der Waals surface area contributed by atoms with E-state index in [1.54, 1.807) is 12.1 Å². The minimum absolute atomic E-state index is 0.0399. The van der Waals surface area contributed by atoms with Crippen LogP contribution in [0.1, 0.15) is 34.3 Å². The molecule has 0 bridgehead atoms. The Bertz CT molecular complexity index is 1230. The number of nitrogens with one attached hydrogen (secondary N) is 2. The van der Waals surface area contributed by atoms with E-state index in [1.807, 2.05) is 24.4 Å².